The molecule has 0 saturated carbocycles. The molecule has 0 unspecified atom stereocenters. The quantitative estimate of drug-likeness (QED) is 0.601. The summed E-state index contributed by atoms with van der Waals surface area (Å²) in [5.74, 6) is 3.08. The van der Waals surface area contributed by atoms with Crippen LogP contribution in [0, 0.1) is 11.6 Å². The Kier molecular flexibility index (Phi) is 3.73. The smallest absolute Gasteiger partial charge is 0.178 e. The summed E-state index contributed by atoms with van der Waals surface area (Å²) in [6.07, 6.45) is 0. The van der Waals surface area contributed by atoms with Crippen LogP contribution in [-0.2, 0) is 0 Å². The van der Waals surface area contributed by atoms with Crippen LogP contribution in [0.2, 0.25) is 0 Å². The molecule has 4 nitrogen and oxygen atoms in total. The molecule has 1 heterocycles. The summed E-state index contributed by atoms with van der Waals surface area (Å²) in [6.45, 7) is 0. The molecule has 1 aromatic carbocycles. The van der Waals surface area contributed by atoms with Crippen LogP contribution in [0.15, 0.2) is 34.8 Å². The minimum absolute atomic E-state index is 0.115. The highest BCUT2D eigenvalue weighted by molar-refractivity contribution is 9.10. The lowest BCUT2D eigenvalue weighted by Crippen LogP contribution is -2.12. The van der Waals surface area contributed by atoms with E-state index in [0.29, 0.717) is 11.8 Å². The highest BCUT2D eigenvalue weighted by atomic mass is 79.9. The zero-order chi connectivity index (χ0) is 13.1. The number of pyridine rings is 1. The van der Waals surface area contributed by atoms with E-state index in [-0.39, 0.29) is 11.6 Å². The summed E-state index contributed by atoms with van der Waals surface area (Å²) in [5.41, 5.74) is 2.67. The van der Waals surface area contributed by atoms with Gasteiger partial charge in [0.15, 0.2) is 23.3 Å². The van der Waals surface area contributed by atoms with E-state index in [9.17, 15) is 8.78 Å². The normalized spacial score (nSPS) is 10.2. The number of nitrogen functional groups attached to an aromatic ring is 1. The van der Waals surface area contributed by atoms with Crippen molar-refractivity contribution in [2.24, 2.45) is 5.84 Å². The van der Waals surface area contributed by atoms with Crippen molar-refractivity contribution in [1.29, 1.82) is 0 Å². The first-order valence-corrected chi connectivity index (χ1v) is 5.75. The number of para-hydroxylation sites is 1. The first-order valence-electron chi connectivity index (χ1n) is 4.96. The number of benzene rings is 1. The standard InChI is InChI=1S/C11H9BrF2N4/c12-6-3-1-2-4-9(6)16-10-7(13)5-8(14)11(17-10)18-15/h1-5H,15H2,(H2,16,17,18). The van der Waals surface area contributed by atoms with Crippen LogP contribution in [-0.4, -0.2) is 4.98 Å². The van der Waals surface area contributed by atoms with E-state index in [0.717, 1.165) is 4.47 Å². The molecule has 0 amide bonds. The third-order valence-corrected chi connectivity index (χ3v) is 2.88. The van der Waals surface area contributed by atoms with Crippen molar-refractivity contribution in [1.82, 2.24) is 4.98 Å². The fraction of sp³-hybridized carbons (Fsp3) is 0. The molecule has 0 radical (unpaired) electrons. The second-order valence-corrected chi connectivity index (χ2v) is 4.25. The van der Waals surface area contributed by atoms with Gasteiger partial charge in [0.05, 0.1) is 5.69 Å². The van der Waals surface area contributed by atoms with Crippen LogP contribution >= 0.6 is 15.9 Å². The Hall–Kier alpha value is -1.73. The molecule has 1 aromatic heterocycles. The number of hydrogen-bond donors (Lipinski definition) is 3. The molecule has 0 saturated heterocycles. The molecule has 0 bridgehead atoms. The molecule has 2 aromatic rings. The molecule has 0 spiro atoms. The van der Waals surface area contributed by atoms with Crippen molar-refractivity contribution in [3.8, 4) is 0 Å². The highest BCUT2D eigenvalue weighted by Crippen LogP contribution is 2.27. The topological polar surface area (TPSA) is 63.0 Å². The molecule has 0 atom stereocenters. The van der Waals surface area contributed by atoms with E-state index >= 15 is 0 Å². The molecular weight excluding hydrogens is 306 g/mol. The molecule has 2 rings (SSSR count). The van der Waals surface area contributed by atoms with Crippen molar-refractivity contribution in [3.05, 3.63) is 46.4 Å². The van der Waals surface area contributed by atoms with E-state index in [1.807, 2.05) is 6.07 Å². The number of nitrogens with zero attached hydrogens (tertiary/aromatic N) is 1. The molecule has 0 fully saturated rings. The van der Waals surface area contributed by atoms with Gasteiger partial charge >= 0.3 is 0 Å². The summed E-state index contributed by atoms with van der Waals surface area (Å²) in [5, 5.41) is 2.75. The predicted molar refractivity (Wildman–Crippen MR) is 69.4 cm³/mol. The van der Waals surface area contributed by atoms with Gasteiger partial charge in [0.2, 0.25) is 0 Å². The minimum Gasteiger partial charge on any atom is -0.337 e. The number of hydrogen-bond acceptors (Lipinski definition) is 4. The van der Waals surface area contributed by atoms with E-state index in [1.54, 1.807) is 18.2 Å². The number of anilines is 3. The minimum atomic E-state index is -0.854. The SMILES string of the molecule is NNc1nc(Nc2ccccc2Br)c(F)cc1F. The lowest BCUT2D eigenvalue weighted by molar-refractivity contribution is 0.579. The van der Waals surface area contributed by atoms with Gasteiger partial charge in [0, 0.05) is 10.5 Å². The fourth-order valence-electron chi connectivity index (χ4n) is 1.35. The van der Waals surface area contributed by atoms with Crippen LogP contribution in [0.5, 0.6) is 0 Å². The Morgan fingerprint density at radius 3 is 2.44 bits per heavy atom. The average Bonchev–Trinajstić information content (AvgIpc) is 2.35. The Labute approximate surface area is 110 Å². The largest absolute Gasteiger partial charge is 0.337 e. The van der Waals surface area contributed by atoms with Crippen molar-refractivity contribution >= 4 is 33.3 Å². The Bertz CT molecular complexity index is 577. The van der Waals surface area contributed by atoms with E-state index in [2.05, 4.69) is 31.7 Å². The van der Waals surface area contributed by atoms with Crippen LogP contribution in [0.25, 0.3) is 0 Å². The highest BCUT2D eigenvalue weighted by Gasteiger charge is 2.12. The third-order valence-electron chi connectivity index (χ3n) is 2.19. The van der Waals surface area contributed by atoms with Crippen molar-refractivity contribution in [3.63, 3.8) is 0 Å². The summed E-state index contributed by atoms with van der Waals surface area (Å²) in [7, 11) is 0. The summed E-state index contributed by atoms with van der Waals surface area (Å²) < 4.78 is 27.4. The van der Waals surface area contributed by atoms with E-state index < -0.39 is 11.6 Å². The molecule has 18 heavy (non-hydrogen) atoms. The van der Waals surface area contributed by atoms with Crippen molar-refractivity contribution in [2.75, 3.05) is 10.7 Å². The van der Waals surface area contributed by atoms with Gasteiger partial charge in [-0.1, -0.05) is 12.1 Å². The predicted octanol–water partition coefficient (Wildman–Crippen LogP) is 3.15. The number of aromatic nitrogens is 1. The van der Waals surface area contributed by atoms with Gasteiger partial charge in [-0.25, -0.2) is 19.6 Å². The average molecular weight is 315 g/mol. The van der Waals surface area contributed by atoms with Crippen LogP contribution in [0.3, 0.4) is 0 Å². The first kappa shape index (κ1) is 12.7. The maximum Gasteiger partial charge on any atom is 0.178 e. The van der Waals surface area contributed by atoms with Gasteiger partial charge in [-0.15, -0.1) is 0 Å². The molecule has 94 valence electrons. The fourth-order valence-corrected chi connectivity index (χ4v) is 1.73. The summed E-state index contributed by atoms with van der Waals surface area (Å²) in [6, 6.07) is 7.81. The molecular formula is C11H9BrF2N4. The van der Waals surface area contributed by atoms with Crippen LogP contribution in [0.4, 0.5) is 26.1 Å². The van der Waals surface area contributed by atoms with Gasteiger partial charge in [-0.2, -0.15) is 0 Å². The summed E-state index contributed by atoms with van der Waals surface area (Å²) >= 11 is 3.30. The lowest BCUT2D eigenvalue weighted by atomic mass is 10.3. The molecule has 0 aliphatic rings. The van der Waals surface area contributed by atoms with Gasteiger partial charge in [0.25, 0.3) is 0 Å². The number of hydrazine groups is 1. The van der Waals surface area contributed by atoms with Crippen molar-refractivity contribution < 1.29 is 8.78 Å². The Morgan fingerprint density at radius 2 is 1.78 bits per heavy atom. The van der Waals surface area contributed by atoms with Crippen LogP contribution < -0.4 is 16.6 Å². The van der Waals surface area contributed by atoms with Gasteiger partial charge in [-0.3, -0.25) is 0 Å². The Balaban J connectivity index is 2.38. The second kappa shape index (κ2) is 5.28. The zero-order valence-electron chi connectivity index (χ0n) is 9.05. The maximum absolute atomic E-state index is 13.5. The van der Waals surface area contributed by atoms with E-state index in [4.69, 9.17) is 5.84 Å². The first-order chi connectivity index (χ1) is 8.61. The van der Waals surface area contributed by atoms with Crippen molar-refractivity contribution in [2.45, 2.75) is 0 Å². The lowest BCUT2D eigenvalue weighted by Gasteiger charge is -2.10. The van der Waals surface area contributed by atoms with Gasteiger partial charge in [0.1, 0.15) is 0 Å². The second-order valence-electron chi connectivity index (χ2n) is 3.40. The van der Waals surface area contributed by atoms with E-state index in [1.165, 1.54) is 0 Å². The number of halogens is 3. The Morgan fingerprint density at radius 1 is 1.11 bits per heavy atom. The summed E-state index contributed by atoms with van der Waals surface area (Å²) in [4.78, 5) is 3.71. The van der Waals surface area contributed by atoms with Gasteiger partial charge < -0.3 is 10.7 Å². The third kappa shape index (κ3) is 2.57. The van der Waals surface area contributed by atoms with Gasteiger partial charge in [-0.05, 0) is 28.1 Å². The number of rotatable bonds is 3. The molecule has 4 N–H and O–H groups in total. The molecule has 7 heteroatoms. The molecule has 0 aliphatic carbocycles. The van der Waals surface area contributed by atoms with Crippen LogP contribution in [0.1, 0.15) is 0 Å². The molecule has 0 aliphatic heterocycles. The maximum atomic E-state index is 13.5. The monoisotopic (exact) mass is 314 g/mol. The number of nitrogens with two attached hydrogens (primary N) is 1. The zero-order valence-corrected chi connectivity index (χ0v) is 10.6. The number of nitrogens with one attached hydrogen (secondary N) is 2.